The van der Waals surface area contributed by atoms with Gasteiger partial charge in [-0.3, -0.25) is 4.79 Å². The summed E-state index contributed by atoms with van der Waals surface area (Å²) >= 11 is 0. The molecule has 1 unspecified atom stereocenters. The molecule has 1 aliphatic rings. The van der Waals surface area contributed by atoms with Gasteiger partial charge in [-0.25, -0.2) is 0 Å². The molecule has 0 radical (unpaired) electrons. The second-order valence-electron chi connectivity index (χ2n) is 5.17. The van der Waals surface area contributed by atoms with E-state index in [0.717, 1.165) is 19.4 Å². The Morgan fingerprint density at radius 3 is 3.00 bits per heavy atom. The number of anilines is 1. The van der Waals surface area contributed by atoms with Crippen LogP contribution in [0.3, 0.4) is 0 Å². The molecule has 0 saturated heterocycles. The van der Waals surface area contributed by atoms with Gasteiger partial charge in [0.2, 0.25) is 5.91 Å². The molecule has 0 fully saturated rings. The van der Waals surface area contributed by atoms with Crippen LogP contribution in [0.1, 0.15) is 18.1 Å². The topological polar surface area (TPSA) is 58.4 Å². The Balaban J connectivity index is 2.08. The molecule has 1 aliphatic heterocycles. The Bertz CT molecular complexity index is 459. The van der Waals surface area contributed by atoms with Gasteiger partial charge in [0.05, 0.1) is 5.92 Å². The van der Waals surface area contributed by atoms with Crippen LogP contribution in [0.2, 0.25) is 0 Å². The first-order valence-electron chi connectivity index (χ1n) is 6.96. The first kappa shape index (κ1) is 13.9. The number of rotatable bonds is 5. The van der Waals surface area contributed by atoms with Crippen LogP contribution in [-0.2, 0) is 17.6 Å². The molecule has 2 rings (SSSR count). The SMILES string of the molecule is CCNC(=O)C(CN)Cc1ccc2c(c1)CCN2C. The number of hydrogen-bond acceptors (Lipinski definition) is 3. The number of nitrogens with one attached hydrogen (secondary N) is 1. The van der Waals surface area contributed by atoms with E-state index < -0.39 is 0 Å². The predicted octanol–water partition coefficient (Wildman–Crippen LogP) is 0.932. The Morgan fingerprint density at radius 1 is 1.53 bits per heavy atom. The van der Waals surface area contributed by atoms with Gasteiger partial charge in [-0.15, -0.1) is 0 Å². The first-order chi connectivity index (χ1) is 9.15. The van der Waals surface area contributed by atoms with Gasteiger partial charge in [0.1, 0.15) is 0 Å². The zero-order chi connectivity index (χ0) is 13.8. The average molecular weight is 261 g/mol. The minimum absolute atomic E-state index is 0.0580. The Kier molecular flexibility index (Phi) is 4.43. The molecule has 1 aromatic carbocycles. The summed E-state index contributed by atoms with van der Waals surface area (Å²) in [5.74, 6) is -0.0697. The summed E-state index contributed by atoms with van der Waals surface area (Å²) < 4.78 is 0. The van der Waals surface area contributed by atoms with Crippen molar-refractivity contribution in [3.63, 3.8) is 0 Å². The van der Waals surface area contributed by atoms with E-state index in [1.165, 1.54) is 16.8 Å². The summed E-state index contributed by atoms with van der Waals surface area (Å²) in [4.78, 5) is 14.1. The number of hydrogen-bond donors (Lipinski definition) is 2. The van der Waals surface area contributed by atoms with Crippen LogP contribution < -0.4 is 16.0 Å². The lowest BCUT2D eigenvalue weighted by atomic mass is 9.96. The third-order valence-electron chi connectivity index (χ3n) is 3.76. The minimum atomic E-state index is -0.128. The highest BCUT2D eigenvalue weighted by Crippen LogP contribution is 2.28. The molecular formula is C15H23N3O. The summed E-state index contributed by atoms with van der Waals surface area (Å²) in [5, 5.41) is 2.85. The van der Waals surface area contributed by atoms with Crippen molar-refractivity contribution in [2.24, 2.45) is 11.7 Å². The number of carbonyl (C=O) groups is 1. The van der Waals surface area contributed by atoms with E-state index in [2.05, 4.69) is 35.5 Å². The smallest absolute Gasteiger partial charge is 0.224 e. The second kappa shape index (κ2) is 6.06. The molecule has 0 aliphatic carbocycles. The maximum Gasteiger partial charge on any atom is 0.224 e. The van der Waals surface area contributed by atoms with E-state index in [4.69, 9.17) is 5.73 Å². The number of nitrogens with two attached hydrogens (primary N) is 1. The van der Waals surface area contributed by atoms with Crippen molar-refractivity contribution in [2.45, 2.75) is 19.8 Å². The monoisotopic (exact) mass is 261 g/mol. The largest absolute Gasteiger partial charge is 0.374 e. The van der Waals surface area contributed by atoms with Crippen molar-refractivity contribution in [1.29, 1.82) is 0 Å². The molecule has 1 heterocycles. The molecule has 0 saturated carbocycles. The standard InChI is InChI=1S/C15H23N3O/c1-3-17-15(19)13(10-16)9-11-4-5-14-12(8-11)6-7-18(14)2/h4-5,8,13H,3,6-7,9-10,16H2,1-2H3,(H,17,19). The Hall–Kier alpha value is -1.55. The van der Waals surface area contributed by atoms with Gasteiger partial charge in [0.15, 0.2) is 0 Å². The number of fused-ring (bicyclic) bond motifs is 1. The molecule has 1 aromatic rings. The number of benzene rings is 1. The van der Waals surface area contributed by atoms with Crippen LogP contribution in [0.15, 0.2) is 18.2 Å². The lowest BCUT2D eigenvalue weighted by molar-refractivity contribution is -0.124. The minimum Gasteiger partial charge on any atom is -0.374 e. The van der Waals surface area contributed by atoms with Crippen LogP contribution >= 0.6 is 0 Å². The summed E-state index contributed by atoms with van der Waals surface area (Å²) in [6, 6.07) is 6.49. The average Bonchev–Trinajstić information content (AvgIpc) is 2.77. The van der Waals surface area contributed by atoms with Crippen molar-refractivity contribution < 1.29 is 4.79 Å². The maximum absolute atomic E-state index is 11.9. The third-order valence-corrected chi connectivity index (χ3v) is 3.76. The van der Waals surface area contributed by atoms with Crippen molar-refractivity contribution in [1.82, 2.24) is 5.32 Å². The van der Waals surface area contributed by atoms with Crippen molar-refractivity contribution in [2.75, 3.05) is 31.6 Å². The molecule has 1 atom stereocenters. The number of amides is 1. The number of nitrogens with zero attached hydrogens (tertiary/aromatic N) is 1. The lowest BCUT2D eigenvalue weighted by Crippen LogP contribution is -2.36. The van der Waals surface area contributed by atoms with E-state index in [1.807, 2.05) is 6.92 Å². The molecule has 0 bridgehead atoms. The summed E-state index contributed by atoms with van der Waals surface area (Å²) in [5.41, 5.74) is 9.61. The number of carbonyl (C=O) groups excluding carboxylic acids is 1. The van der Waals surface area contributed by atoms with Gasteiger partial charge in [-0.05, 0) is 37.0 Å². The van der Waals surface area contributed by atoms with Crippen LogP contribution in [-0.4, -0.2) is 32.6 Å². The summed E-state index contributed by atoms with van der Waals surface area (Å²) in [6.45, 7) is 4.05. The van der Waals surface area contributed by atoms with Crippen molar-refractivity contribution in [3.05, 3.63) is 29.3 Å². The molecular weight excluding hydrogens is 238 g/mol. The van der Waals surface area contributed by atoms with E-state index in [1.54, 1.807) is 0 Å². The highest BCUT2D eigenvalue weighted by atomic mass is 16.1. The van der Waals surface area contributed by atoms with Crippen LogP contribution in [0, 0.1) is 5.92 Å². The molecule has 104 valence electrons. The fourth-order valence-electron chi connectivity index (χ4n) is 2.63. The van der Waals surface area contributed by atoms with Gasteiger partial charge in [0.25, 0.3) is 0 Å². The Morgan fingerprint density at radius 2 is 2.32 bits per heavy atom. The van der Waals surface area contributed by atoms with Gasteiger partial charge in [-0.2, -0.15) is 0 Å². The van der Waals surface area contributed by atoms with Crippen LogP contribution in [0.5, 0.6) is 0 Å². The summed E-state index contributed by atoms with van der Waals surface area (Å²) in [6.07, 6.45) is 1.81. The molecule has 4 nitrogen and oxygen atoms in total. The fraction of sp³-hybridized carbons (Fsp3) is 0.533. The first-order valence-corrected chi connectivity index (χ1v) is 6.96. The highest BCUT2D eigenvalue weighted by molar-refractivity contribution is 5.79. The van der Waals surface area contributed by atoms with Crippen molar-refractivity contribution in [3.8, 4) is 0 Å². The normalized spacial score (nSPS) is 15.2. The predicted molar refractivity (Wildman–Crippen MR) is 78.3 cm³/mol. The highest BCUT2D eigenvalue weighted by Gasteiger charge is 2.19. The molecule has 3 N–H and O–H groups in total. The molecule has 4 heteroatoms. The molecule has 0 aromatic heterocycles. The fourth-order valence-corrected chi connectivity index (χ4v) is 2.63. The molecule has 19 heavy (non-hydrogen) atoms. The van der Waals surface area contributed by atoms with E-state index >= 15 is 0 Å². The maximum atomic E-state index is 11.9. The zero-order valence-electron chi connectivity index (χ0n) is 11.8. The van der Waals surface area contributed by atoms with Crippen molar-refractivity contribution >= 4 is 11.6 Å². The Labute approximate surface area is 115 Å². The summed E-state index contributed by atoms with van der Waals surface area (Å²) in [7, 11) is 2.11. The lowest BCUT2D eigenvalue weighted by Gasteiger charge is -2.16. The van der Waals surface area contributed by atoms with Gasteiger partial charge in [0, 0.05) is 32.4 Å². The van der Waals surface area contributed by atoms with Gasteiger partial charge in [-0.1, -0.05) is 12.1 Å². The quantitative estimate of drug-likeness (QED) is 0.829. The third kappa shape index (κ3) is 3.07. The zero-order valence-corrected chi connectivity index (χ0v) is 11.8. The van der Waals surface area contributed by atoms with Crippen LogP contribution in [0.25, 0.3) is 0 Å². The van der Waals surface area contributed by atoms with Crippen LogP contribution in [0.4, 0.5) is 5.69 Å². The van der Waals surface area contributed by atoms with E-state index in [-0.39, 0.29) is 11.8 Å². The second-order valence-corrected chi connectivity index (χ2v) is 5.17. The number of likely N-dealkylation sites (N-methyl/N-ethyl adjacent to an activating group) is 1. The van der Waals surface area contributed by atoms with E-state index in [0.29, 0.717) is 13.1 Å². The molecule has 0 spiro atoms. The van der Waals surface area contributed by atoms with E-state index in [9.17, 15) is 4.79 Å². The molecule has 1 amide bonds. The van der Waals surface area contributed by atoms with Gasteiger partial charge < -0.3 is 16.0 Å². The van der Waals surface area contributed by atoms with Gasteiger partial charge >= 0.3 is 0 Å².